The number of hydrogen-bond acceptors (Lipinski definition) is 5. The standard InChI is InChI=1S/C23H23ClN2O4/c1-2-28-18-8-6-17(7-9-18)26-23-20(22(27)25-14-19-4-3-11-29-19)13-15-12-16(24)5-10-21(15)30-23/h5-10,12-13,19H,2-4,11,14H2,1H3,(H,25,27). The molecule has 30 heavy (non-hydrogen) atoms. The van der Waals surface area contributed by atoms with Crippen molar-refractivity contribution in [2.24, 2.45) is 4.99 Å². The second-order valence-electron chi connectivity index (χ2n) is 7.03. The van der Waals surface area contributed by atoms with Crippen molar-refractivity contribution in [2.75, 3.05) is 19.8 Å². The highest BCUT2D eigenvalue weighted by molar-refractivity contribution is 6.31. The van der Waals surface area contributed by atoms with Gasteiger partial charge in [0.1, 0.15) is 16.9 Å². The third-order valence-electron chi connectivity index (χ3n) is 4.85. The lowest BCUT2D eigenvalue weighted by molar-refractivity contribution is 0.0854. The van der Waals surface area contributed by atoms with Crippen LogP contribution in [-0.2, 0) is 4.74 Å². The molecule has 0 saturated carbocycles. The summed E-state index contributed by atoms with van der Waals surface area (Å²) in [7, 11) is 0. The van der Waals surface area contributed by atoms with Crippen LogP contribution >= 0.6 is 11.6 Å². The van der Waals surface area contributed by atoms with E-state index in [-0.39, 0.29) is 17.6 Å². The molecule has 0 aliphatic carbocycles. The molecular weight excluding hydrogens is 404 g/mol. The van der Waals surface area contributed by atoms with Crippen LogP contribution in [0.25, 0.3) is 11.0 Å². The fourth-order valence-corrected chi connectivity index (χ4v) is 3.54. The maximum absolute atomic E-state index is 12.9. The lowest BCUT2D eigenvalue weighted by atomic mass is 10.1. The number of fused-ring (bicyclic) bond motifs is 1. The number of ether oxygens (including phenoxy) is 2. The minimum atomic E-state index is -0.263. The molecule has 3 aromatic rings. The summed E-state index contributed by atoms with van der Waals surface area (Å²) in [5, 5.41) is 4.24. The molecule has 1 aliphatic heterocycles. The van der Waals surface area contributed by atoms with Gasteiger partial charge in [-0.25, -0.2) is 4.99 Å². The van der Waals surface area contributed by atoms with E-state index in [1.54, 1.807) is 24.3 Å². The molecule has 156 valence electrons. The molecule has 2 heterocycles. The van der Waals surface area contributed by atoms with Gasteiger partial charge in [-0.15, -0.1) is 0 Å². The van der Waals surface area contributed by atoms with E-state index in [0.717, 1.165) is 30.6 Å². The van der Waals surface area contributed by atoms with Crippen molar-refractivity contribution in [3.8, 4) is 5.75 Å². The third-order valence-corrected chi connectivity index (χ3v) is 5.08. The minimum Gasteiger partial charge on any atom is -0.494 e. The number of carbonyl (C=O) groups excluding carboxylic acids is 1. The van der Waals surface area contributed by atoms with Gasteiger partial charge in [0.15, 0.2) is 0 Å². The van der Waals surface area contributed by atoms with Crippen molar-refractivity contribution in [1.82, 2.24) is 5.32 Å². The Morgan fingerprint density at radius 2 is 2.07 bits per heavy atom. The first kappa shape index (κ1) is 20.4. The SMILES string of the molecule is CCOc1ccc(N=c2oc3ccc(Cl)cc3cc2C(=O)NCC2CCCO2)cc1. The minimum absolute atomic E-state index is 0.0484. The zero-order chi connectivity index (χ0) is 20.9. The number of carbonyl (C=O) groups is 1. The highest BCUT2D eigenvalue weighted by Gasteiger charge is 2.18. The van der Waals surface area contributed by atoms with Crippen molar-refractivity contribution < 1.29 is 18.7 Å². The lowest BCUT2D eigenvalue weighted by Crippen LogP contribution is -2.34. The van der Waals surface area contributed by atoms with E-state index in [0.29, 0.717) is 35.0 Å². The van der Waals surface area contributed by atoms with Crippen LogP contribution < -0.4 is 15.6 Å². The quantitative estimate of drug-likeness (QED) is 0.623. The summed E-state index contributed by atoms with van der Waals surface area (Å²) in [6.45, 7) is 3.71. The molecule has 0 radical (unpaired) electrons. The summed E-state index contributed by atoms with van der Waals surface area (Å²) in [5.41, 5.74) is 1.83. The number of amides is 1. The van der Waals surface area contributed by atoms with Crippen molar-refractivity contribution >= 4 is 34.2 Å². The fourth-order valence-electron chi connectivity index (χ4n) is 3.36. The number of benzene rings is 2. The van der Waals surface area contributed by atoms with E-state index in [2.05, 4.69) is 10.3 Å². The summed E-state index contributed by atoms with van der Waals surface area (Å²) >= 11 is 6.11. The maximum atomic E-state index is 12.9. The van der Waals surface area contributed by atoms with Crippen molar-refractivity contribution in [3.05, 3.63) is 64.7 Å². The highest BCUT2D eigenvalue weighted by Crippen LogP contribution is 2.21. The molecule has 6 nitrogen and oxygen atoms in total. The number of nitrogens with one attached hydrogen (secondary N) is 1. The second-order valence-corrected chi connectivity index (χ2v) is 7.47. The summed E-state index contributed by atoms with van der Waals surface area (Å²) in [6.07, 6.45) is 2.01. The number of halogens is 1. The van der Waals surface area contributed by atoms with Crippen LogP contribution in [0, 0.1) is 0 Å². The average Bonchev–Trinajstić information content (AvgIpc) is 3.27. The Bertz CT molecular complexity index is 1100. The van der Waals surface area contributed by atoms with Gasteiger partial charge in [0, 0.05) is 23.6 Å². The Hall–Kier alpha value is -2.83. The number of rotatable bonds is 6. The molecule has 0 spiro atoms. The van der Waals surface area contributed by atoms with Gasteiger partial charge in [-0.2, -0.15) is 0 Å². The topological polar surface area (TPSA) is 73.1 Å². The van der Waals surface area contributed by atoms with Crippen LogP contribution in [0.5, 0.6) is 5.75 Å². The monoisotopic (exact) mass is 426 g/mol. The maximum Gasteiger partial charge on any atom is 0.256 e. The second kappa shape index (κ2) is 9.32. The first-order chi connectivity index (χ1) is 14.6. The molecule has 4 rings (SSSR count). The fraction of sp³-hybridized carbons (Fsp3) is 0.304. The largest absolute Gasteiger partial charge is 0.494 e. The van der Waals surface area contributed by atoms with Crippen molar-refractivity contribution in [1.29, 1.82) is 0 Å². The molecule has 1 unspecified atom stereocenters. The summed E-state index contributed by atoms with van der Waals surface area (Å²) < 4.78 is 17.0. The molecule has 1 atom stereocenters. The molecule has 1 amide bonds. The van der Waals surface area contributed by atoms with Crippen molar-refractivity contribution in [2.45, 2.75) is 25.9 Å². The van der Waals surface area contributed by atoms with E-state index >= 15 is 0 Å². The highest BCUT2D eigenvalue weighted by atomic mass is 35.5. The van der Waals surface area contributed by atoms with Gasteiger partial charge >= 0.3 is 0 Å². The summed E-state index contributed by atoms with van der Waals surface area (Å²) in [6, 6.07) is 14.3. The first-order valence-electron chi connectivity index (χ1n) is 10.0. The Morgan fingerprint density at radius 1 is 1.23 bits per heavy atom. The zero-order valence-electron chi connectivity index (χ0n) is 16.7. The van der Waals surface area contributed by atoms with E-state index in [4.69, 9.17) is 25.5 Å². The van der Waals surface area contributed by atoms with Crippen LogP contribution in [0.4, 0.5) is 5.69 Å². The molecule has 0 bridgehead atoms. The van der Waals surface area contributed by atoms with E-state index < -0.39 is 0 Å². The van der Waals surface area contributed by atoms with Crippen LogP contribution in [0.2, 0.25) is 5.02 Å². The average molecular weight is 427 g/mol. The molecule has 1 aromatic heterocycles. The van der Waals surface area contributed by atoms with Gasteiger partial charge in [-0.1, -0.05) is 11.6 Å². The summed E-state index contributed by atoms with van der Waals surface area (Å²) in [4.78, 5) is 17.5. The molecule has 7 heteroatoms. The zero-order valence-corrected chi connectivity index (χ0v) is 17.4. The number of hydrogen-bond donors (Lipinski definition) is 1. The molecule has 1 fully saturated rings. The van der Waals surface area contributed by atoms with Gasteiger partial charge in [0.05, 0.1) is 18.4 Å². The lowest BCUT2D eigenvalue weighted by Gasteiger charge is -2.11. The molecule has 1 saturated heterocycles. The Balaban J connectivity index is 1.70. The van der Waals surface area contributed by atoms with Crippen LogP contribution in [0.3, 0.4) is 0 Å². The molecular formula is C23H23ClN2O4. The van der Waals surface area contributed by atoms with Crippen LogP contribution in [0.1, 0.15) is 30.1 Å². The van der Waals surface area contributed by atoms with E-state index in [1.165, 1.54) is 0 Å². The van der Waals surface area contributed by atoms with Gasteiger partial charge in [0.2, 0.25) is 5.55 Å². The van der Waals surface area contributed by atoms with Crippen LogP contribution in [-0.4, -0.2) is 31.8 Å². The molecule has 1 N–H and O–H groups in total. The Kier molecular flexibility index (Phi) is 6.35. The van der Waals surface area contributed by atoms with Gasteiger partial charge in [-0.3, -0.25) is 4.79 Å². The van der Waals surface area contributed by atoms with Gasteiger partial charge < -0.3 is 19.2 Å². The predicted molar refractivity (Wildman–Crippen MR) is 115 cm³/mol. The Labute approximate surface area is 179 Å². The first-order valence-corrected chi connectivity index (χ1v) is 10.4. The molecule has 1 aliphatic rings. The Morgan fingerprint density at radius 3 is 2.80 bits per heavy atom. The molecule has 2 aromatic carbocycles. The van der Waals surface area contributed by atoms with Gasteiger partial charge in [0.25, 0.3) is 5.91 Å². The van der Waals surface area contributed by atoms with E-state index in [1.807, 2.05) is 31.2 Å². The van der Waals surface area contributed by atoms with Crippen molar-refractivity contribution in [3.63, 3.8) is 0 Å². The van der Waals surface area contributed by atoms with E-state index in [9.17, 15) is 4.79 Å². The summed E-state index contributed by atoms with van der Waals surface area (Å²) in [5.74, 6) is 0.497. The third kappa shape index (κ3) is 4.83. The normalized spacial score (nSPS) is 16.7. The predicted octanol–water partition coefficient (Wildman–Crippen LogP) is 4.63. The smallest absolute Gasteiger partial charge is 0.256 e. The number of nitrogens with zero attached hydrogens (tertiary/aromatic N) is 1. The van der Waals surface area contributed by atoms with Gasteiger partial charge in [-0.05, 0) is 68.3 Å². The van der Waals surface area contributed by atoms with Crippen LogP contribution in [0.15, 0.2) is 57.9 Å².